The maximum atomic E-state index is 12.6. The molecule has 0 aliphatic heterocycles. The average molecular weight is 399 g/mol. The van der Waals surface area contributed by atoms with Crippen LogP contribution in [-0.4, -0.2) is 37.9 Å². The van der Waals surface area contributed by atoms with Gasteiger partial charge in [-0.2, -0.15) is 0 Å². The minimum atomic E-state index is -3.27. The normalized spacial score (nSPS) is 11.3. The van der Waals surface area contributed by atoms with E-state index in [4.69, 9.17) is 37.2 Å². The van der Waals surface area contributed by atoms with Crippen LogP contribution in [0.15, 0.2) is 18.2 Å². The Hall–Kier alpha value is -0.820. The third-order valence-corrected chi connectivity index (χ3v) is 4.87. The minimum absolute atomic E-state index is 0.0541. The minimum Gasteiger partial charge on any atom is -0.493 e. The molecule has 136 valence electrons. The van der Waals surface area contributed by atoms with Gasteiger partial charge in [-0.05, 0) is 17.7 Å². The molecule has 0 saturated carbocycles. The summed E-state index contributed by atoms with van der Waals surface area (Å²) in [6.45, 7) is 2.00. The topological polar surface area (TPSA) is 85.9 Å². The standard InChI is InChI=1S/C14H21Cl2N2O5P/c1-11(19)23-13-4-3-12(9-14(13)21-2)10-22-24(20,17-7-5-15)18-8-6-16/h3-4,9H,5-8,10H2,1-2H3,(H2,17,18,20). The highest BCUT2D eigenvalue weighted by molar-refractivity contribution is 7.54. The Balaban J connectivity index is 2.79. The van der Waals surface area contributed by atoms with Gasteiger partial charge in [-0.1, -0.05) is 6.07 Å². The zero-order chi connectivity index (χ0) is 18.0. The van der Waals surface area contributed by atoms with Crippen molar-refractivity contribution in [3.8, 4) is 11.5 Å². The third kappa shape index (κ3) is 7.38. The van der Waals surface area contributed by atoms with Crippen molar-refractivity contribution < 1.29 is 23.4 Å². The molecule has 0 unspecified atom stereocenters. The lowest BCUT2D eigenvalue weighted by atomic mass is 10.2. The fraction of sp³-hybridized carbons (Fsp3) is 0.500. The van der Waals surface area contributed by atoms with Gasteiger partial charge in [0.2, 0.25) is 0 Å². The van der Waals surface area contributed by atoms with E-state index in [9.17, 15) is 9.36 Å². The summed E-state index contributed by atoms with van der Waals surface area (Å²) < 4.78 is 28.3. The van der Waals surface area contributed by atoms with Gasteiger partial charge in [0.15, 0.2) is 11.5 Å². The third-order valence-electron chi connectivity index (χ3n) is 2.72. The number of hydrogen-bond acceptors (Lipinski definition) is 5. The van der Waals surface area contributed by atoms with Crippen LogP contribution >= 0.6 is 30.9 Å². The lowest BCUT2D eigenvalue weighted by Crippen LogP contribution is -2.27. The first-order valence-electron chi connectivity index (χ1n) is 7.16. The number of esters is 1. The molecule has 0 saturated heterocycles. The number of ether oxygens (including phenoxy) is 2. The number of carbonyl (C=O) groups excluding carboxylic acids is 1. The predicted molar refractivity (Wildman–Crippen MR) is 94.1 cm³/mol. The van der Waals surface area contributed by atoms with Gasteiger partial charge in [-0.3, -0.25) is 9.36 Å². The van der Waals surface area contributed by atoms with Crippen LogP contribution in [0.3, 0.4) is 0 Å². The van der Waals surface area contributed by atoms with Crippen molar-refractivity contribution in [3.05, 3.63) is 23.8 Å². The van der Waals surface area contributed by atoms with Crippen LogP contribution in [0.5, 0.6) is 11.5 Å². The van der Waals surface area contributed by atoms with Crippen LogP contribution < -0.4 is 19.6 Å². The number of rotatable bonds is 11. The number of nitrogens with one attached hydrogen (secondary N) is 2. The summed E-state index contributed by atoms with van der Waals surface area (Å²) in [5.74, 6) is 0.820. The van der Waals surface area contributed by atoms with Crippen molar-refractivity contribution in [2.24, 2.45) is 0 Å². The molecule has 1 aromatic carbocycles. The molecule has 0 aliphatic carbocycles. The molecular weight excluding hydrogens is 378 g/mol. The molecule has 0 amide bonds. The quantitative estimate of drug-likeness (QED) is 0.256. The molecule has 2 N–H and O–H groups in total. The molecule has 0 atom stereocenters. The van der Waals surface area contributed by atoms with Crippen LogP contribution in [0.1, 0.15) is 12.5 Å². The number of halogens is 2. The zero-order valence-corrected chi connectivity index (χ0v) is 15.9. The predicted octanol–water partition coefficient (Wildman–Crippen LogP) is 2.90. The van der Waals surface area contributed by atoms with Crippen molar-refractivity contribution in [2.45, 2.75) is 13.5 Å². The maximum absolute atomic E-state index is 12.6. The molecule has 0 heterocycles. The lowest BCUT2D eigenvalue weighted by Gasteiger charge is -2.20. The number of benzene rings is 1. The van der Waals surface area contributed by atoms with E-state index in [1.165, 1.54) is 14.0 Å². The molecule has 0 fully saturated rings. The van der Waals surface area contributed by atoms with Gasteiger partial charge >= 0.3 is 13.6 Å². The number of methoxy groups -OCH3 is 1. The van der Waals surface area contributed by atoms with Gasteiger partial charge in [0.25, 0.3) is 0 Å². The Morgan fingerprint density at radius 2 is 1.79 bits per heavy atom. The first-order chi connectivity index (χ1) is 11.4. The highest BCUT2D eigenvalue weighted by atomic mass is 35.5. The van der Waals surface area contributed by atoms with Gasteiger partial charge in [-0.25, -0.2) is 10.2 Å². The molecule has 1 rings (SSSR count). The fourth-order valence-electron chi connectivity index (χ4n) is 1.73. The van der Waals surface area contributed by atoms with E-state index < -0.39 is 13.6 Å². The molecule has 0 radical (unpaired) electrons. The highest BCUT2D eigenvalue weighted by Crippen LogP contribution is 2.39. The molecule has 1 aromatic rings. The summed E-state index contributed by atoms with van der Waals surface area (Å²) in [4.78, 5) is 11.0. The van der Waals surface area contributed by atoms with Crippen molar-refractivity contribution in [3.63, 3.8) is 0 Å². The Morgan fingerprint density at radius 3 is 2.29 bits per heavy atom. The monoisotopic (exact) mass is 398 g/mol. The fourth-order valence-corrected chi connectivity index (χ4v) is 3.62. The van der Waals surface area contributed by atoms with Crippen LogP contribution in [0.4, 0.5) is 0 Å². The van der Waals surface area contributed by atoms with Gasteiger partial charge in [-0.15, -0.1) is 23.2 Å². The molecule has 24 heavy (non-hydrogen) atoms. The van der Waals surface area contributed by atoms with Crippen molar-refractivity contribution in [1.82, 2.24) is 10.2 Å². The van der Waals surface area contributed by atoms with E-state index in [-0.39, 0.29) is 6.61 Å². The second-order valence-corrected chi connectivity index (χ2v) is 7.35. The van der Waals surface area contributed by atoms with Crippen LogP contribution in [-0.2, 0) is 20.5 Å². The average Bonchev–Trinajstić information content (AvgIpc) is 2.57. The summed E-state index contributed by atoms with van der Waals surface area (Å²) in [5.41, 5.74) is 0.698. The van der Waals surface area contributed by atoms with E-state index in [0.717, 1.165) is 0 Å². The Labute approximate surface area is 151 Å². The summed E-state index contributed by atoms with van der Waals surface area (Å²) >= 11 is 11.2. The lowest BCUT2D eigenvalue weighted by molar-refractivity contribution is -0.132. The first kappa shape index (κ1) is 21.2. The Morgan fingerprint density at radius 1 is 1.17 bits per heavy atom. The van der Waals surface area contributed by atoms with Crippen LogP contribution in [0.2, 0.25) is 0 Å². The summed E-state index contributed by atoms with van der Waals surface area (Å²) in [5, 5.41) is 5.50. The smallest absolute Gasteiger partial charge is 0.341 e. The zero-order valence-electron chi connectivity index (χ0n) is 13.5. The molecule has 0 bridgehead atoms. The first-order valence-corrected chi connectivity index (χ1v) is 9.85. The molecule has 0 spiro atoms. The van der Waals surface area contributed by atoms with Gasteiger partial charge < -0.3 is 14.0 Å². The van der Waals surface area contributed by atoms with E-state index in [2.05, 4.69) is 10.2 Å². The largest absolute Gasteiger partial charge is 0.493 e. The molecule has 0 aliphatic rings. The van der Waals surface area contributed by atoms with Crippen LogP contribution in [0, 0.1) is 0 Å². The summed E-state index contributed by atoms with van der Waals surface area (Å²) in [7, 11) is -1.81. The molecule has 0 aromatic heterocycles. The van der Waals surface area contributed by atoms with Gasteiger partial charge in [0.05, 0.1) is 13.7 Å². The van der Waals surface area contributed by atoms with Crippen molar-refractivity contribution in [2.75, 3.05) is 32.0 Å². The molecular formula is C14H21Cl2N2O5P. The molecule has 7 nitrogen and oxygen atoms in total. The highest BCUT2D eigenvalue weighted by Gasteiger charge is 2.22. The second kappa shape index (κ2) is 10.9. The van der Waals surface area contributed by atoms with E-state index in [1.54, 1.807) is 18.2 Å². The Bertz CT molecular complexity index is 576. The van der Waals surface area contributed by atoms with Gasteiger partial charge in [0.1, 0.15) is 0 Å². The summed E-state index contributed by atoms with van der Waals surface area (Å²) in [6, 6.07) is 4.92. The van der Waals surface area contributed by atoms with E-state index in [1.807, 2.05) is 0 Å². The SMILES string of the molecule is COc1cc(COP(=O)(NCCCl)NCCCl)ccc1OC(C)=O. The van der Waals surface area contributed by atoms with Crippen molar-refractivity contribution >= 4 is 36.8 Å². The number of carbonyl (C=O) groups is 1. The Kier molecular flexibility index (Phi) is 9.66. The summed E-state index contributed by atoms with van der Waals surface area (Å²) in [6.07, 6.45) is 0. The maximum Gasteiger partial charge on any atom is 0.341 e. The van der Waals surface area contributed by atoms with Crippen molar-refractivity contribution in [1.29, 1.82) is 0 Å². The second-order valence-electron chi connectivity index (χ2n) is 4.60. The van der Waals surface area contributed by atoms with Crippen LogP contribution in [0.25, 0.3) is 0 Å². The molecule has 10 heteroatoms. The van der Waals surface area contributed by atoms with E-state index >= 15 is 0 Å². The van der Waals surface area contributed by atoms with E-state index in [0.29, 0.717) is 41.9 Å². The number of hydrogen-bond donors (Lipinski definition) is 2. The van der Waals surface area contributed by atoms with Gasteiger partial charge in [0, 0.05) is 31.8 Å². The number of alkyl halides is 2.